The fraction of sp³-hybridized carbons (Fsp3) is 0.500. The maximum Gasteiger partial charge on any atom is 0.410 e. The molecule has 0 aliphatic carbocycles. The summed E-state index contributed by atoms with van der Waals surface area (Å²) in [5.41, 5.74) is 4.16. The molecule has 1 aliphatic rings. The van der Waals surface area contributed by atoms with Gasteiger partial charge >= 0.3 is 12.1 Å². The lowest BCUT2D eigenvalue weighted by Crippen LogP contribution is -2.32. The number of likely N-dealkylation sites (tertiary alicyclic amines) is 1. The highest BCUT2D eigenvalue weighted by Gasteiger charge is 2.23. The van der Waals surface area contributed by atoms with Gasteiger partial charge in [0, 0.05) is 13.1 Å². The van der Waals surface area contributed by atoms with Crippen LogP contribution in [0.4, 0.5) is 27.8 Å². The topological polar surface area (TPSA) is 139 Å². The molecule has 1 aromatic carbocycles. The summed E-state index contributed by atoms with van der Waals surface area (Å²) in [7, 11) is 0. The van der Waals surface area contributed by atoms with Gasteiger partial charge in [-0.1, -0.05) is 0 Å². The molecular weight excluding hydrogens is 503 g/mol. The fourth-order valence-electron chi connectivity index (χ4n) is 3.63. The maximum atomic E-state index is 14.1. The Morgan fingerprint density at radius 2 is 1.97 bits per heavy atom. The minimum absolute atomic E-state index is 0.0630. The first kappa shape index (κ1) is 27.5. The Morgan fingerprint density at radius 1 is 1.25 bits per heavy atom. The molecule has 1 saturated heterocycles. The predicted molar refractivity (Wildman–Crippen MR) is 126 cm³/mol. The quantitative estimate of drug-likeness (QED) is 0.327. The average Bonchev–Trinajstić information content (AvgIpc) is 3.46. The first-order valence-electron chi connectivity index (χ1n) is 11.3. The summed E-state index contributed by atoms with van der Waals surface area (Å²) in [6.07, 6.45) is 1.46. The molecule has 36 heavy (non-hydrogen) atoms. The van der Waals surface area contributed by atoms with Crippen LogP contribution < -0.4 is 25.8 Å². The van der Waals surface area contributed by atoms with E-state index in [1.807, 2.05) is 0 Å². The van der Waals surface area contributed by atoms with E-state index in [2.05, 4.69) is 19.9 Å². The summed E-state index contributed by atoms with van der Waals surface area (Å²) in [5.74, 6) is -4.42. The second kappa shape index (κ2) is 12.7. The van der Waals surface area contributed by atoms with Gasteiger partial charge in [-0.15, -0.1) is 4.37 Å². The second-order valence-electron chi connectivity index (χ2n) is 8.30. The first-order chi connectivity index (χ1) is 17.2. The summed E-state index contributed by atoms with van der Waals surface area (Å²) >= 11 is 0.661. The van der Waals surface area contributed by atoms with Crippen molar-refractivity contribution in [1.29, 1.82) is 0 Å². The highest BCUT2D eigenvalue weighted by molar-refractivity contribution is 7.11. The van der Waals surface area contributed by atoms with Crippen LogP contribution in [0.15, 0.2) is 6.07 Å². The zero-order chi connectivity index (χ0) is 26.2. The number of aromatic nitrogens is 1. The number of ether oxygens (including phenoxy) is 2. The molecule has 3 rings (SSSR count). The van der Waals surface area contributed by atoms with Gasteiger partial charge in [0.2, 0.25) is 5.75 Å². The van der Waals surface area contributed by atoms with Gasteiger partial charge in [-0.3, -0.25) is 5.32 Å². The minimum Gasteiger partial charge on any atom is -0.469 e. The maximum absolute atomic E-state index is 14.1. The molecule has 14 heteroatoms. The van der Waals surface area contributed by atoms with E-state index in [0.29, 0.717) is 24.4 Å². The molecule has 1 atom stereocenters. The Kier molecular flexibility index (Phi) is 9.73. The van der Waals surface area contributed by atoms with Crippen LogP contribution in [-0.4, -0.2) is 58.8 Å². The van der Waals surface area contributed by atoms with E-state index in [4.69, 9.17) is 15.2 Å². The minimum atomic E-state index is -1.42. The number of benzene rings is 1. The molecule has 10 nitrogen and oxygen atoms in total. The van der Waals surface area contributed by atoms with Gasteiger partial charge in [-0.2, -0.15) is 0 Å². The Labute approximate surface area is 209 Å². The smallest absolute Gasteiger partial charge is 0.410 e. The molecule has 0 saturated carbocycles. The van der Waals surface area contributed by atoms with E-state index in [-0.39, 0.29) is 28.7 Å². The van der Waals surface area contributed by atoms with Gasteiger partial charge in [-0.25, -0.2) is 22.8 Å². The lowest BCUT2D eigenvalue weighted by Gasteiger charge is -2.17. The highest BCUT2D eigenvalue weighted by atomic mass is 32.1. The number of hydrogen-bond donors (Lipinski definition) is 4. The van der Waals surface area contributed by atoms with Crippen molar-refractivity contribution in [2.45, 2.75) is 45.3 Å². The number of primary amides is 1. The number of nitrogens with two attached hydrogens (primary N) is 1. The number of rotatable bonds is 11. The Balaban J connectivity index is 1.55. The van der Waals surface area contributed by atoms with Crippen molar-refractivity contribution in [3.8, 4) is 11.6 Å². The number of aliphatic hydroxyl groups is 1. The van der Waals surface area contributed by atoms with Gasteiger partial charge < -0.3 is 30.5 Å². The monoisotopic (exact) mass is 531 g/mol. The average molecular weight is 532 g/mol. The molecule has 1 fully saturated rings. The Morgan fingerprint density at radius 3 is 2.67 bits per heavy atom. The number of aryl methyl sites for hydroxylation is 1. The van der Waals surface area contributed by atoms with Crippen molar-refractivity contribution < 1.29 is 37.3 Å². The van der Waals surface area contributed by atoms with Gasteiger partial charge in [0.1, 0.15) is 12.4 Å². The molecular formula is C22H28F3N5O5S. The molecule has 198 valence electrons. The summed E-state index contributed by atoms with van der Waals surface area (Å²) < 4.78 is 55.9. The molecule has 5 N–H and O–H groups in total. The van der Waals surface area contributed by atoms with Gasteiger partial charge in [0.25, 0.3) is 5.88 Å². The first-order valence-corrected chi connectivity index (χ1v) is 12.1. The van der Waals surface area contributed by atoms with Crippen LogP contribution in [0.1, 0.15) is 36.8 Å². The second-order valence-corrected chi connectivity index (χ2v) is 9.07. The van der Waals surface area contributed by atoms with E-state index in [1.165, 1.54) is 19.8 Å². The van der Waals surface area contributed by atoms with Gasteiger partial charge in [0.05, 0.1) is 11.7 Å². The third-order valence-corrected chi connectivity index (χ3v) is 6.31. The number of amides is 3. The molecule has 1 aromatic heterocycles. The number of halogens is 3. The molecule has 0 radical (unpaired) electrons. The molecule has 0 bridgehead atoms. The molecule has 1 aliphatic heterocycles. The number of aliphatic hydroxyl groups excluding tert-OH is 1. The Bertz CT molecular complexity index is 1080. The number of urea groups is 1. The van der Waals surface area contributed by atoms with Crippen LogP contribution in [0.2, 0.25) is 0 Å². The highest BCUT2D eigenvalue weighted by Crippen LogP contribution is 2.39. The van der Waals surface area contributed by atoms with Crippen molar-refractivity contribution >= 4 is 28.7 Å². The van der Waals surface area contributed by atoms with Crippen LogP contribution in [-0.2, 0) is 6.61 Å². The van der Waals surface area contributed by atoms with Gasteiger partial charge in [0.15, 0.2) is 16.6 Å². The lowest BCUT2D eigenvalue weighted by atomic mass is 10.1. The van der Waals surface area contributed by atoms with Crippen molar-refractivity contribution in [1.82, 2.24) is 14.6 Å². The standard InChI is InChI=1S/C22H28F3N5O5S/c1-12-10-15(23)14(17(25)16(12)24)11-34-19-18(35-21(26)32)20(36-29-19)28-22(33)27-6-4-13(31)5-9-30-7-2-3-8-30/h10,13,31H,2-9,11H2,1H3,(H2,26,32)(H2,27,28,33). The van der Waals surface area contributed by atoms with Crippen molar-refractivity contribution in [3.63, 3.8) is 0 Å². The van der Waals surface area contributed by atoms with E-state index in [0.717, 1.165) is 25.7 Å². The van der Waals surface area contributed by atoms with Crippen LogP contribution in [0.5, 0.6) is 11.6 Å². The van der Waals surface area contributed by atoms with Crippen LogP contribution in [0.25, 0.3) is 0 Å². The van der Waals surface area contributed by atoms with Crippen LogP contribution in [0.3, 0.4) is 0 Å². The SMILES string of the molecule is Cc1cc(F)c(COc2nsc(NC(=O)NCCC(O)CCN3CCCC3)c2OC(N)=O)c(F)c1F. The normalized spacial score (nSPS) is 14.5. The zero-order valence-electron chi connectivity index (χ0n) is 19.6. The van der Waals surface area contributed by atoms with Crippen LogP contribution in [0, 0.1) is 24.4 Å². The lowest BCUT2D eigenvalue weighted by molar-refractivity contribution is 0.138. The molecule has 2 heterocycles. The van der Waals surface area contributed by atoms with Crippen molar-refractivity contribution in [3.05, 3.63) is 34.6 Å². The van der Waals surface area contributed by atoms with Gasteiger partial charge in [-0.05, 0) is 68.9 Å². The third kappa shape index (κ3) is 7.45. The van der Waals surface area contributed by atoms with Crippen LogP contribution >= 0.6 is 11.5 Å². The largest absolute Gasteiger partial charge is 0.469 e. The molecule has 1 unspecified atom stereocenters. The number of nitrogens with one attached hydrogen (secondary N) is 2. The molecule has 3 amide bonds. The number of carbonyl (C=O) groups is 2. The Hall–Kier alpha value is -3.10. The van der Waals surface area contributed by atoms with E-state index >= 15 is 0 Å². The van der Waals surface area contributed by atoms with E-state index in [9.17, 15) is 27.9 Å². The van der Waals surface area contributed by atoms with Crippen molar-refractivity contribution in [2.24, 2.45) is 5.73 Å². The third-order valence-electron chi connectivity index (χ3n) is 5.58. The summed E-state index contributed by atoms with van der Waals surface area (Å²) in [6, 6.07) is 0.142. The molecule has 2 aromatic rings. The van der Waals surface area contributed by atoms with E-state index < -0.39 is 47.9 Å². The predicted octanol–water partition coefficient (Wildman–Crippen LogP) is 3.26. The molecule has 0 spiro atoms. The number of nitrogens with zero attached hydrogens (tertiary/aromatic N) is 2. The number of anilines is 1. The summed E-state index contributed by atoms with van der Waals surface area (Å²) in [6.45, 7) is 3.50. The fourth-order valence-corrected chi connectivity index (χ4v) is 4.29. The zero-order valence-corrected chi connectivity index (χ0v) is 20.4. The summed E-state index contributed by atoms with van der Waals surface area (Å²) in [5, 5.41) is 15.0. The van der Waals surface area contributed by atoms with Crippen molar-refractivity contribution in [2.75, 3.05) is 31.5 Å². The number of hydrogen-bond acceptors (Lipinski definition) is 8. The number of carbonyl (C=O) groups excluding carboxylic acids is 2. The summed E-state index contributed by atoms with van der Waals surface area (Å²) in [4.78, 5) is 25.9. The van der Waals surface area contributed by atoms with E-state index in [1.54, 1.807) is 0 Å².